The van der Waals surface area contributed by atoms with Gasteiger partial charge in [0.15, 0.2) is 0 Å². The zero-order valence-corrected chi connectivity index (χ0v) is 13.1. The van der Waals surface area contributed by atoms with Crippen LogP contribution in [-0.4, -0.2) is 23.1 Å². The van der Waals surface area contributed by atoms with E-state index in [0.717, 1.165) is 36.3 Å². The molecule has 0 atom stereocenters. The van der Waals surface area contributed by atoms with Crippen molar-refractivity contribution in [1.82, 2.24) is 9.97 Å². The van der Waals surface area contributed by atoms with Gasteiger partial charge in [-0.1, -0.05) is 0 Å². The van der Waals surface area contributed by atoms with Gasteiger partial charge in [-0.2, -0.15) is 4.98 Å². The fourth-order valence-corrected chi connectivity index (χ4v) is 3.58. The minimum Gasteiger partial charge on any atom is -0.354 e. The number of halogens is 1. The smallest absolute Gasteiger partial charge is 0.224 e. The van der Waals surface area contributed by atoms with Crippen molar-refractivity contribution in [3.63, 3.8) is 0 Å². The van der Waals surface area contributed by atoms with Crippen LogP contribution >= 0.6 is 27.3 Å². The topological polar surface area (TPSA) is 41.1 Å². The average molecular weight is 339 g/mol. The lowest BCUT2D eigenvalue weighted by atomic mass is 10.1. The highest BCUT2D eigenvalue weighted by atomic mass is 79.9. The Kier molecular flexibility index (Phi) is 3.70. The Morgan fingerprint density at radius 2 is 2.42 bits per heavy atom. The van der Waals surface area contributed by atoms with E-state index in [4.69, 9.17) is 0 Å². The van der Waals surface area contributed by atoms with Crippen LogP contribution in [0.2, 0.25) is 0 Å². The standard InChI is InChI=1S/C13H15BrN4S/c1-2-15-13-16-7-10(14)12(17-13)18-5-3-11-9(8-18)4-6-19-11/h4,6-7H,2-3,5,8H2,1H3,(H,15,16,17). The van der Waals surface area contributed by atoms with E-state index in [0.29, 0.717) is 5.95 Å². The second kappa shape index (κ2) is 5.46. The molecule has 4 nitrogen and oxygen atoms in total. The van der Waals surface area contributed by atoms with Crippen LogP contribution in [-0.2, 0) is 13.0 Å². The predicted molar refractivity (Wildman–Crippen MR) is 83.0 cm³/mol. The number of nitrogens with zero attached hydrogens (tertiary/aromatic N) is 3. The molecule has 0 saturated heterocycles. The average Bonchev–Trinajstić information content (AvgIpc) is 2.88. The highest BCUT2D eigenvalue weighted by Crippen LogP contribution is 2.31. The molecule has 2 aromatic rings. The molecule has 0 radical (unpaired) electrons. The summed E-state index contributed by atoms with van der Waals surface area (Å²) in [4.78, 5) is 12.7. The summed E-state index contributed by atoms with van der Waals surface area (Å²) in [5.74, 6) is 1.67. The van der Waals surface area contributed by atoms with E-state index < -0.39 is 0 Å². The number of hydrogen-bond acceptors (Lipinski definition) is 5. The number of aromatic nitrogens is 2. The van der Waals surface area contributed by atoms with Gasteiger partial charge in [-0.3, -0.25) is 0 Å². The Morgan fingerprint density at radius 1 is 1.53 bits per heavy atom. The third-order valence-electron chi connectivity index (χ3n) is 3.17. The minimum absolute atomic E-state index is 0.691. The number of hydrogen-bond donors (Lipinski definition) is 1. The van der Waals surface area contributed by atoms with E-state index in [1.54, 1.807) is 0 Å². The number of fused-ring (bicyclic) bond motifs is 1. The lowest BCUT2D eigenvalue weighted by molar-refractivity contribution is 0.728. The first-order chi connectivity index (χ1) is 9.28. The molecule has 0 unspecified atom stereocenters. The second-order valence-electron chi connectivity index (χ2n) is 4.44. The normalized spacial score (nSPS) is 14.3. The van der Waals surface area contributed by atoms with Crippen molar-refractivity contribution in [3.05, 3.63) is 32.6 Å². The number of anilines is 2. The molecule has 0 aliphatic carbocycles. The van der Waals surface area contributed by atoms with Gasteiger partial charge in [-0.25, -0.2) is 4.98 Å². The van der Waals surface area contributed by atoms with Gasteiger partial charge in [-0.15, -0.1) is 11.3 Å². The molecule has 19 heavy (non-hydrogen) atoms. The van der Waals surface area contributed by atoms with Crippen LogP contribution in [0.5, 0.6) is 0 Å². The summed E-state index contributed by atoms with van der Waals surface area (Å²) in [7, 11) is 0. The van der Waals surface area contributed by atoms with Crippen molar-refractivity contribution < 1.29 is 0 Å². The van der Waals surface area contributed by atoms with Crippen LogP contribution in [0.4, 0.5) is 11.8 Å². The molecule has 0 spiro atoms. The molecule has 0 amide bonds. The number of nitrogens with one attached hydrogen (secondary N) is 1. The van der Waals surface area contributed by atoms with Gasteiger partial charge in [0.2, 0.25) is 5.95 Å². The van der Waals surface area contributed by atoms with Crippen molar-refractivity contribution in [1.29, 1.82) is 0 Å². The molecule has 1 aliphatic heterocycles. The Hall–Kier alpha value is -1.14. The minimum atomic E-state index is 0.691. The molecule has 0 saturated carbocycles. The van der Waals surface area contributed by atoms with Crippen molar-refractivity contribution in [2.45, 2.75) is 19.9 Å². The molecule has 0 fully saturated rings. The maximum atomic E-state index is 4.60. The van der Waals surface area contributed by atoms with Gasteiger partial charge in [0, 0.05) is 30.7 Å². The van der Waals surface area contributed by atoms with Crippen LogP contribution < -0.4 is 10.2 Å². The summed E-state index contributed by atoms with van der Waals surface area (Å²) in [6, 6.07) is 2.21. The lowest BCUT2D eigenvalue weighted by Gasteiger charge is -2.28. The van der Waals surface area contributed by atoms with Crippen LogP contribution in [0.1, 0.15) is 17.4 Å². The molecule has 6 heteroatoms. The van der Waals surface area contributed by atoms with Gasteiger partial charge in [0.05, 0.1) is 4.47 Å². The first-order valence-electron chi connectivity index (χ1n) is 6.34. The summed E-state index contributed by atoms with van der Waals surface area (Å²) in [6.07, 6.45) is 2.92. The first kappa shape index (κ1) is 12.9. The first-order valence-corrected chi connectivity index (χ1v) is 8.01. The quantitative estimate of drug-likeness (QED) is 0.932. The second-order valence-corrected chi connectivity index (χ2v) is 6.29. The monoisotopic (exact) mass is 338 g/mol. The molecule has 3 heterocycles. The van der Waals surface area contributed by atoms with Crippen LogP contribution in [0.15, 0.2) is 22.1 Å². The van der Waals surface area contributed by atoms with E-state index >= 15 is 0 Å². The van der Waals surface area contributed by atoms with E-state index in [1.807, 2.05) is 24.5 Å². The molecule has 1 aliphatic rings. The summed E-state index contributed by atoms with van der Waals surface area (Å²) >= 11 is 5.41. The van der Waals surface area contributed by atoms with E-state index in [2.05, 4.69) is 47.6 Å². The third-order valence-corrected chi connectivity index (χ3v) is 4.75. The maximum absolute atomic E-state index is 4.60. The molecular formula is C13H15BrN4S. The SMILES string of the molecule is CCNc1ncc(Br)c(N2CCc3sccc3C2)n1. The highest BCUT2D eigenvalue weighted by Gasteiger charge is 2.20. The number of thiophene rings is 1. The zero-order valence-electron chi connectivity index (χ0n) is 10.7. The summed E-state index contributed by atoms with van der Waals surface area (Å²) < 4.78 is 0.952. The molecule has 0 aromatic carbocycles. The van der Waals surface area contributed by atoms with Crippen molar-refractivity contribution in [3.8, 4) is 0 Å². The number of rotatable bonds is 3. The molecular weight excluding hydrogens is 324 g/mol. The van der Waals surface area contributed by atoms with Crippen LogP contribution in [0.3, 0.4) is 0 Å². The van der Waals surface area contributed by atoms with Crippen LogP contribution in [0, 0.1) is 0 Å². The predicted octanol–water partition coefficient (Wildman–Crippen LogP) is 3.30. The van der Waals surface area contributed by atoms with Gasteiger partial charge >= 0.3 is 0 Å². The Bertz CT molecular complexity index is 584. The van der Waals surface area contributed by atoms with E-state index in [-0.39, 0.29) is 0 Å². The maximum Gasteiger partial charge on any atom is 0.224 e. The van der Waals surface area contributed by atoms with Gasteiger partial charge in [-0.05, 0) is 46.3 Å². The largest absolute Gasteiger partial charge is 0.354 e. The van der Waals surface area contributed by atoms with Crippen molar-refractivity contribution >= 4 is 39.0 Å². The Morgan fingerprint density at radius 3 is 3.26 bits per heavy atom. The van der Waals surface area contributed by atoms with Gasteiger partial charge < -0.3 is 10.2 Å². The Balaban J connectivity index is 1.88. The molecule has 2 aromatic heterocycles. The molecule has 0 bridgehead atoms. The molecule has 100 valence electrons. The van der Waals surface area contributed by atoms with E-state index in [9.17, 15) is 0 Å². The summed E-state index contributed by atoms with van der Waals surface area (Å²) in [5.41, 5.74) is 1.42. The fourth-order valence-electron chi connectivity index (χ4n) is 2.25. The molecule has 1 N–H and O–H groups in total. The zero-order chi connectivity index (χ0) is 13.2. The lowest BCUT2D eigenvalue weighted by Crippen LogP contribution is -2.30. The van der Waals surface area contributed by atoms with Gasteiger partial charge in [0.1, 0.15) is 5.82 Å². The third kappa shape index (κ3) is 2.60. The highest BCUT2D eigenvalue weighted by molar-refractivity contribution is 9.10. The van der Waals surface area contributed by atoms with Crippen LogP contribution in [0.25, 0.3) is 0 Å². The summed E-state index contributed by atoms with van der Waals surface area (Å²) in [6.45, 7) is 4.81. The Labute approximate surface area is 125 Å². The summed E-state index contributed by atoms with van der Waals surface area (Å²) in [5, 5.41) is 5.33. The fraction of sp³-hybridized carbons (Fsp3) is 0.385. The molecule has 3 rings (SSSR count). The van der Waals surface area contributed by atoms with Crippen molar-refractivity contribution in [2.75, 3.05) is 23.3 Å². The van der Waals surface area contributed by atoms with E-state index in [1.165, 1.54) is 10.4 Å². The van der Waals surface area contributed by atoms with Gasteiger partial charge in [0.25, 0.3) is 0 Å². The van der Waals surface area contributed by atoms with Crippen molar-refractivity contribution in [2.24, 2.45) is 0 Å².